The van der Waals surface area contributed by atoms with E-state index in [1.807, 2.05) is 0 Å². The predicted octanol–water partition coefficient (Wildman–Crippen LogP) is 2.27. The number of amides is 2. The predicted molar refractivity (Wildman–Crippen MR) is 84.2 cm³/mol. The number of anilines is 2. The highest BCUT2D eigenvalue weighted by Gasteiger charge is 2.35. The van der Waals surface area contributed by atoms with E-state index < -0.39 is 5.54 Å². The molecule has 7 heteroatoms. The van der Waals surface area contributed by atoms with E-state index in [9.17, 15) is 9.59 Å². The summed E-state index contributed by atoms with van der Waals surface area (Å²) < 4.78 is 5.33. The smallest absolute Gasteiger partial charge is 0.262 e. The summed E-state index contributed by atoms with van der Waals surface area (Å²) >= 11 is 6.17. The van der Waals surface area contributed by atoms with Crippen LogP contribution < -0.4 is 21.1 Å². The number of ether oxygens (including phenoxy) is 1. The highest BCUT2D eigenvalue weighted by Crippen LogP contribution is 2.37. The molecular weight excluding hydrogens is 306 g/mol. The highest BCUT2D eigenvalue weighted by atomic mass is 35.5. The molecule has 118 valence electrons. The number of nitrogens with one attached hydrogen (secondary N) is 2. The van der Waals surface area contributed by atoms with Crippen molar-refractivity contribution in [2.75, 3.05) is 17.2 Å². The lowest BCUT2D eigenvalue weighted by Gasteiger charge is -2.32. The summed E-state index contributed by atoms with van der Waals surface area (Å²) in [4.78, 5) is 23.7. The van der Waals surface area contributed by atoms with Gasteiger partial charge in [0.05, 0.1) is 21.9 Å². The third-order valence-corrected chi connectivity index (χ3v) is 4.46. The molecule has 0 bridgehead atoms. The number of halogens is 1. The minimum Gasteiger partial charge on any atom is -0.482 e. The number of hydrogen-bond donors (Lipinski definition) is 3. The van der Waals surface area contributed by atoms with E-state index in [0.29, 0.717) is 35.0 Å². The van der Waals surface area contributed by atoms with Gasteiger partial charge in [-0.1, -0.05) is 30.9 Å². The summed E-state index contributed by atoms with van der Waals surface area (Å²) in [7, 11) is 0. The Bertz CT molecular complexity index is 627. The number of carbonyl (C=O) groups excluding carboxylic acids is 2. The first-order valence-corrected chi connectivity index (χ1v) is 7.72. The van der Waals surface area contributed by atoms with Crippen LogP contribution in [0.5, 0.6) is 5.75 Å². The third kappa shape index (κ3) is 2.89. The molecule has 1 fully saturated rings. The van der Waals surface area contributed by atoms with Gasteiger partial charge in [-0.05, 0) is 18.9 Å². The van der Waals surface area contributed by atoms with Crippen LogP contribution in [0.1, 0.15) is 32.1 Å². The van der Waals surface area contributed by atoms with Crippen molar-refractivity contribution in [3.8, 4) is 5.75 Å². The summed E-state index contributed by atoms with van der Waals surface area (Å²) in [5.74, 6) is 0.0198. The average Bonchev–Trinajstić information content (AvgIpc) is 2.49. The molecule has 0 spiro atoms. The second-order valence-corrected chi connectivity index (χ2v) is 6.24. The summed E-state index contributed by atoms with van der Waals surface area (Å²) in [6.07, 6.45) is 4.37. The molecule has 0 atom stereocenters. The fourth-order valence-electron chi connectivity index (χ4n) is 2.85. The van der Waals surface area contributed by atoms with Gasteiger partial charge in [0.2, 0.25) is 5.91 Å². The van der Waals surface area contributed by atoms with E-state index in [-0.39, 0.29) is 18.4 Å². The minimum atomic E-state index is -0.841. The quantitative estimate of drug-likeness (QED) is 0.778. The van der Waals surface area contributed by atoms with E-state index in [2.05, 4.69) is 10.6 Å². The molecule has 1 heterocycles. The van der Waals surface area contributed by atoms with Crippen molar-refractivity contribution in [1.82, 2.24) is 0 Å². The topological polar surface area (TPSA) is 93.5 Å². The second-order valence-electron chi connectivity index (χ2n) is 5.84. The Morgan fingerprint density at radius 1 is 1.32 bits per heavy atom. The Balaban J connectivity index is 1.80. The van der Waals surface area contributed by atoms with Crippen LogP contribution in [0, 0.1) is 0 Å². The maximum atomic E-state index is 12.5. The van der Waals surface area contributed by atoms with Gasteiger partial charge in [0.25, 0.3) is 5.91 Å². The van der Waals surface area contributed by atoms with Gasteiger partial charge in [0, 0.05) is 6.07 Å². The fourth-order valence-corrected chi connectivity index (χ4v) is 3.06. The van der Waals surface area contributed by atoms with Crippen molar-refractivity contribution in [3.63, 3.8) is 0 Å². The number of fused-ring (bicyclic) bond motifs is 1. The first kappa shape index (κ1) is 15.1. The van der Waals surface area contributed by atoms with Gasteiger partial charge in [0.1, 0.15) is 5.75 Å². The fraction of sp³-hybridized carbons (Fsp3) is 0.467. The number of benzene rings is 1. The zero-order valence-electron chi connectivity index (χ0n) is 12.1. The van der Waals surface area contributed by atoms with E-state index in [4.69, 9.17) is 22.1 Å². The summed E-state index contributed by atoms with van der Waals surface area (Å²) in [5, 5.41) is 5.79. The number of nitrogens with two attached hydrogens (primary N) is 1. The highest BCUT2D eigenvalue weighted by molar-refractivity contribution is 6.34. The lowest BCUT2D eigenvalue weighted by molar-refractivity contribution is -0.122. The Kier molecular flexibility index (Phi) is 3.97. The molecule has 0 unspecified atom stereocenters. The second kappa shape index (κ2) is 5.78. The molecule has 1 aromatic rings. The molecule has 0 saturated heterocycles. The molecular formula is C15H18ClN3O3. The molecule has 0 radical (unpaired) electrons. The van der Waals surface area contributed by atoms with Crippen molar-refractivity contribution in [2.24, 2.45) is 5.73 Å². The van der Waals surface area contributed by atoms with Crippen LogP contribution >= 0.6 is 11.6 Å². The van der Waals surface area contributed by atoms with E-state index in [1.165, 1.54) is 0 Å². The number of rotatable bonds is 2. The van der Waals surface area contributed by atoms with Crippen molar-refractivity contribution in [3.05, 3.63) is 17.2 Å². The normalized spacial score (nSPS) is 19.6. The molecule has 1 saturated carbocycles. The average molecular weight is 324 g/mol. The molecule has 6 nitrogen and oxygen atoms in total. The lowest BCUT2D eigenvalue weighted by atomic mass is 9.82. The van der Waals surface area contributed by atoms with Crippen LogP contribution in [0.3, 0.4) is 0 Å². The van der Waals surface area contributed by atoms with E-state index >= 15 is 0 Å². The van der Waals surface area contributed by atoms with Gasteiger partial charge in [-0.3, -0.25) is 9.59 Å². The molecule has 1 aliphatic heterocycles. The van der Waals surface area contributed by atoms with Crippen LogP contribution in [0.4, 0.5) is 11.4 Å². The van der Waals surface area contributed by atoms with Crippen LogP contribution in [0.2, 0.25) is 5.02 Å². The SMILES string of the molecule is NC1(C(=O)Nc2cc3c(cc2Cl)NC(=O)CO3)CCCCC1. The molecule has 3 rings (SSSR count). The van der Waals surface area contributed by atoms with Gasteiger partial charge in [-0.2, -0.15) is 0 Å². The van der Waals surface area contributed by atoms with Gasteiger partial charge >= 0.3 is 0 Å². The zero-order chi connectivity index (χ0) is 15.7. The Hall–Kier alpha value is -1.79. The van der Waals surface area contributed by atoms with E-state index in [0.717, 1.165) is 19.3 Å². The maximum Gasteiger partial charge on any atom is 0.262 e. The Morgan fingerprint density at radius 3 is 2.77 bits per heavy atom. The van der Waals surface area contributed by atoms with Gasteiger partial charge in [-0.25, -0.2) is 0 Å². The molecule has 1 aliphatic carbocycles. The largest absolute Gasteiger partial charge is 0.482 e. The lowest BCUT2D eigenvalue weighted by Crippen LogP contribution is -2.52. The van der Waals surface area contributed by atoms with Crippen LogP contribution in [0.15, 0.2) is 12.1 Å². The van der Waals surface area contributed by atoms with Crippen molar-refractivity contribution >= 4 is 34.8 Å². The molecule has 1 aromatic carbocycles. The first-order valence-electron chi connectivity index (χ1n) is 7.34. The summed E-state index contributed by atoms with van der Waals surface area (Å²) in [6, 6.07) is 3.18. The molecule has 2 aliphatic rings. The van der Waals surface area contributed by atoms with Gasteiger partial charge in [0.15, 0.2) is 6.61 Å². The monoisotopic (exact) mass is 323 g/mol. The minimum absolute atomic E-state index is 0.0527. The Labute approximate surface area is 133 Å². The van der Waals surface area contributed by atoms with Crippen molar-refractivity contribution in [2.45, 2.75) is 37.6 Å². The van der Waals surface area contributed by atoms with Crippen LogP contribution in [0.25, 0.3) is 0 Å². The zero-order valence-corrected chi connectivity index (χ0v) is 12.8. The summed E-state index contributed by atoms with van der Waals surface area (Å²) in [5.41, 5.74) is 6.31. The molecule has 0 aromatic heterocycles. The summed E-state index contributed by atoms with van der Waals surface area (Å²) in [6.45, 7) is -0.0527. The Morgan fingerprint density at radius 2 is 2.05 bits per heavy atom. The molecule has 22 heavy (non-hydrogen) atoms. The molecule has 4 N–H and O–H groups in total. The third-order valence-electron chi connectivity index (χ3n) is 4.15. The van der Waals surface area contributed by atoms with Gasteiger partial charge in [-0.15, -0.1) is 0 Å². The first-order chi connectivity index (χ1) is 10.5. The molecule has 2 amide bonds. The van der Waals surface area contributed by atoms with Crippen molar-refractivity contribution < 1.29 is 14.3 Å². The van der Waals surface area contributed by atoms with Crippen molar-refractivity contribution in [1.29, 1.82) is 0 Å². The standard InChI is InChI=1S/C15H18ClN3O3/c16-9-6-11-12(22-8-13(20)18-11)7-10(9)19-14(21)15(17)4-2-1-3-5-15/h6-7H,1-5,8,17H2,(H,18,20)(H,19,21). The van der Waals surface area contributed by atoms with Gasteiger partial charge < -0.3 is 21.1 Å². The van der Waals surface area contributed by atoms with E-state index in [1.54, 1.807) is 12.1 Å². The van der Waals surface area contributed by atoms with Crippen LogP contribution in [-0.4, -0.2) is 24.0 Å². The number of hydrogen-bond acceptors (Lipinski definition) is 4. The maximum absolute atomic E-state index is 12.5. The van der Waals surface area contributed by atoms with Crippen LogP contribution in [-0.2, 0) is 9.59 Å². The number of carbonyl (C=O) groups is 2.